The van der Waals surface area contributed by atoms with E-state index in [2.05, 4.69) is 15.5 Å². The molecule has 0 aliphatic rings. The molecule has 0 fully saturated rings. The summed E-state index contributed by atoms with van der Waals surface area (Å²) < 4.78 is 20.2. The fourth-order valence-corrected chi connectivity index (χ4v) is 3.62. The number of halogens is 1. The van der Waals surface area contributed by atoms with Gasteiger partial charge in [-0.05, 0) is 44.2 Å². The summed E-state index contributed by atoms with van der Waals surface area (Å²) in [5.41, 5.74) is 2.64. The van der Waals surface area contributed by atoms with Crippen molar-refractivity contribution in [2.24, 2.45) is 0 Å². The Morgan fingerprint density at radius 3 is 2.69 bits per heavy atom. The monoisotopic (exact) mass is 414 g/mol. The van der Waals surface area contributed by atoms with Crippen LogP contribution in [0, 0.1) is 12.7 Å². The quantitative estimate of drug-likeness (QED) is 0.561. The van der Waals surface area contributed by atoms with Crippen LogP contribution in [0.15, 0.2) is 53.7 Å². The highest BCUT2D eigenvalue weighted by Crippen LogP contribution is 2.28. The Labute approximate surface area is 173 Å². The second-order valence-corrected chi connectivity index (χ2v) is 7.88. The number of thioether (sulfide) groups is 1. The van der Waals surface area contributed by atoms with Crippen molar-refractivity contribution in [3.8, 4) is 11.4 Å². The topological polar surface area (TPSA) is 69.0 Å². The van der Waals surface area contributed by atoms with Gasteiger partial charge < -0.3 is 10.1 Å². The first-order valence-electron chi connectivity index (χ1n) is 9.20. The van der Waals surface area contributed by atoms with Crippen LogP contribution in [0.5, 0.6) is 0 Å². The molecule has 0 aliphatic carbocycles. The van der Waals surface area contributed by atoms with Gasteiger partial charge in [-0.15, -0.1) is 10.2 Å². The van der Waals surface area contributed by atoms with Gasteiger partial charge in [0.05, 0.1) is 18.4 Å². The number of hydrogen-bond donors (Lipinski definition) is 1. The van der Waals surface area contributed by atoms with E-state index in [9.17, 15) is 9.18 Å². The summed E-state index contributed by atoms with van der Waals surface area (Å²) in [6, 6.07) is 13.7. The normalized spacial score (nSPS) is 12.0. The van der Waals surface area contributed by atoms with Crippen molar-refractivity contribution in [3.63, 3.8) is 0 Å². The Bertz CT molecular complexity index is 975. The van der Waals surface area contributed by atoms with E-state index < -0.39 is 5.25 Å². The standard InChI is InChI=1S/C21H23FN4O2S/c1-14-5-4-6-16(13-14)19-24-25-21(26(19)11-12-28-3)29-15(2)20(27)23-18-9-7-17(22)8-10-18/h4-10,13,15H,11-12H2,1-3H3,(H,23,27). The number of rotatable bonds is 8. The number of nitrogens with zero attached hydrogens (tertiary/aromatic N) is 3. The molecular weight excluding hydrogens is 391 g/mol. The predicted molar refractivity (Wildman–Crippen MR) is 112 cm³/mol. The highest BCUT2D eigenvalue weighted by Gasteiger charge is 2.21. The minimum atomic E-state index is -0.420. The zero-order valence-electron chi connectivity index (χ0n) is 16.6. The number of carbonyl (C=O) groups is 1. The fraction of sp³-hybridized carbons (Fsp3) is 0.286. The molecule has 1 unspecified atom stereocenters. The number of hydrogen-bond acceptors (Lipinski definition) is 5. The molecule has 3 aromatic rings. The Morgan fingerprint density at radius 2 is 2.00 bits per heavy atom. The first-order chi connectivity index (χ1) is 14.0. The average molecular weight is 415 g/mol. The first-order valence-corrected chi connectivity index (χ1v) is 10.1. The number of methoxy groups -OCH3 is 1. The van der Waals surface area contributed by atoms with Crippen LogP contribution in [0.4, 0.5) is 10.1 Å². The van der Waals surface area contributed by atoms with Crippen LogP contribution in [-0.2, 0) is 16.1 Å². The summed E-state index contributed by atoms with van der Waals surface area (Å²) in [6.07, 6.45) is 0. The van der Waals surface area contributed by atoms with Gasteiger partial charge in [0.1, 0.15) is 5.82 Å². The van der Waals surface area contributed by atoms with Crippen LogP contribution in [0.3, 0.4) is 0 Å². The number of anilines is 1. The molecule has 2 aromatic carbocycles. The molecule has 0 aliphatic heterocycles. The maximum atomic E-state index is 13.0. The molecule has 1 atom stereocenters. The second-order valence-electron chi connectivity index (χ2n) is 6.58. The van der Waals surface area contributed by atoms with E-state index in [1.54, 1.807) is 14.0 Å². The van der Waals surface area contributed by atoms with Crippen molar-refractivity contribution >= 4 is 23.4 Å². The van der Waals surface area contributed by atoms with Gasteiger partial charge in [-0.25, -0.2) is 4.39 Å². The average Bonchev–Trinajstić information content (AvgIpc) is 3.10. The number of carbonyl (C=O) groups excluding carboxylic acids is 1. The van der Waals surface area contributed by atoms with E-state index in [4.69, 9.17) is 4.74 Å². The van der Waals surface area contributed by atoms with Crippen LogP contribution in [0.25, 0.3) is 11.4 Å². The highest BCUT2D eigenvalue weighted by atomic mass is 32.2. The van der Waals surface area contributed by atoms with Gasteiger partial charge in [-0.2, -0.15) is 0 Å². The third-order valence-electron chi connectivity index (χ3n) is 4.28. The summed E-state index contributed by atoms with van der Waals surface area (Å²) in [5.74, 6) is 0.194. The van der Waals surface area contributed by atoms with Crippen molar-refractivity contribution in [3.05, 3.63) is 59.9 Å². The van der Waals surface area contributed by atoms with Gasteiger partial charge in [-0.1, -0.05) is 35.5 Å². The maximum Gasteiger partial charge on any atom is 0.237 e. The summed E-state index contributed by atoms with van der Waals surface area (Å²) in [6.45, 7) is 4.89. The number of amides is 1. The Kier molecular flexibility index (Phi) is 7.00. The molecular formula is C21H23FN4O2S. The van der Waals surface area contributed by atoms with Crippen LogP contribution < -0.4 is 5.32 Å². The van der Waals surface area contributed by atoms with Crippen molar-refractivity contribution in [1.29, 1.82) is 0 Å². The van der Waals surface area contributed by atoms with Crippen LogP contribution >= 0.6 is 11.8 Å². The number of benzene rings is 2. The Hall–Kier alpha value is -2.71. The van der Waals surface area contributed by atoms with Crippen molar-refractivity contribution in [1.82, 2.24) is 14.8 Å². The fourth-order valence-electron chi connectivity index (χ4n) is 2.75. The van der Waals surface area contributed by atoms with E-state index in [-0.39, 0.29) is 11.7 Å². The molecule has 6 nitrogen and oxygen atoms in total. The van der Waals surface area contributed by atoms with Gasteiger partial charge in [0.2, 0.25) is 5.91 Å². The van der Waals surface area contributed by atoms with Gasteiger partial charge >= 0.3 is 0 Å². The molecule has 29 heavy (non-hydrogen) atoms. The Morgan fingerprint density at radius 1 is 1.24 bits per heavy atom. The number of aryl methyl sites for hydroxylation is 1. The van der Waals surface area contributed by atoms with Gasteiger partial charge in [-0.3, -0.25) is 9.36 Å². The molecule has 0 bridgehead atoms. The zero-order chi connectivity index (χ0) is 20.8. The van der Waals surface area contributed by atoms with E-state index in [0.29, 0.717) is 24.0 Å². The van der Waals surface area contributed by atoms with E-state index in [1.165, 1.54) is 36.0 Å². The Balaban J connectivity index is 1.78. The van der Waals surface area contributed by atoms with Crippen LogP contribution in [0.1, 0.15) is 12.5 Å². The van der Waals surface area contributed by atoms with Crippen molar-refractivity contribution in [2.45, 2.75) is 30.8 Å². The molecule has 1 amide bonds. The molecule has 152 valence electrons. The van der Waals surface area contributed by atoms with E-state index >= 15 is 0 Å². The third-order valence-corrected chi connectivity index (χ3v) is 5.36. The maximum absolute atomic E-state index is 13.0. The highest BCUT2D eigenvalue weighted by molar-refractivity contribution is 8.00. The summed E-state index contributed by atoms with van der Waals surface area (Å²) in [7, 11) is 1.64. The zero-order valence-corrected chi connectivity index (χ0v) is 17.4. The SMILES string of the molecule is COCCn1c(SC(C)C(=O)Nc2ccc(F)cc2)nnc1-c1cccc(C)c1. The summed E-state index contributed by atoms with van der Waals surface area (Å²) >= 11 is 1.32. The van der Waals surface area contributed by atoms with Gasteiger partial charge in [0.15, 0.2) is 11.0 Å². The smallest absolute Gasteiger partial charge is 0.237 e. The lowest BCUT2D eigenvalue weighted by molar-refractivity contribution is -0.115. The van der Waals surface area contributed by atoms with Gasteiger partial charge in [0.25, 0.3) is 0 Å². The van der Waals surface area contributed by atoms with Crippen molar-refractivity contribution in [2.75, 3.05) is 19.0 Å². The van der Waals surface area contributed by atoms with Crippen LogP contribution in [0.2, 0.25) is 0 Å². The molecule has 8 heteroatoms. The molecule has 0 saturated carbocycles. The predicted octanol–water partition coefficient (Wildman–Crippen LogP) is 4.16. The van der Waals surface area contributed by atoms with Crippen molar-refractivity contribution < 1.29 is 13.9 Å². The largest absolute Gasteiger partial charge is 0.383 e. The number of aromatic nitrogens is 3. The molecule has 0 spiro atoms. The minimum absolute atomic E-state index is 0.194. The second kappa shape index (κ2) is 9.67. The molecule has 1 N–H and O–H groups in total. The molecule has 1 aromatic heterocycles. The molecule has 0 radical (unpaired) electrons. The number of nitrogens with one attached hydrogen (secondary N) is 1. The minimum Gasteiger partial charge on any atom is -0.383 e. The lowest BCUT2D eigenvalue weighted by atomic mass is 10.1. The van der Waals surface area contributed by atoms with E-state index in [1.807, 2.05) is 35.8 Å². The van der Waals surface area contributed by atoms with Crippen LogP contribution in [-0.4, -0.2) is 39.6 Å². The first kappa shape index (κ1) is 21.0. The lowest BCUT2D eigenvalue weighted by Crippen LogP contribution is -2.23. The summed E-state index contributed by atoms with van der Waals surface area (Å²) in [4.78, 5) is 12.5. The molecule has 1 heterocycles. The molecule has 3 rings (SSSR count). The van der Waals surface area contributed by atoms with Gasteiger partial charge in [0, 0.05) is 18.4 Å². The third kappa shape index (κ3) is 5.42. The van der Waals surface area contributed by atoms with E-state index in [0.717, 1.165) is 17.0 Å². The summed E-state index contributed by atoms with van der Waals surface area (Å²) in [5, 5.41) is 11.7. The number of ether oxygens (including phenoxy) is 1. The molecule has 0 saturated heterocycles. The lowest BCUT2D eigenvalue weighted by Gasteiger charge is -2.14.